The van der Waals surface area contributed by atoms with Crippen LogP contribution < -0.4 is 0 Å². The van der Waals surface area contributed by atoms with E-state index in [2.05, 4.69) is 33.8 Å². The van der Waals surface area contributed by atoms with Crippen LogP contribution in [-0.2, 0) is 47.4 Å². The molecule has 4 aliphatic carbocycles. The summed E-state index contributed by atoms with van der Waals surface area (Å²) in [4.78, 5) is 0. The average Bonchev–Trinajstić information content (AvgIpc) is 3.81. The molecule has 72 heavy (non-hydrogen) atoms. The zero-order chi connectivity index (χ0) is 51.5. The molecule has 0 aromatic heterocycles. The minimum atomic E-state index is -1.96. The Labute approximate surface area is 420 Å². The van der Waals surface area contributed by atoms with Crippen LogP contribution in [0.25, 0.3) is 0 Å². The second-order valence-electron chi connectivity index (χ2n) is 23.9. The van der Waals surface area contributed by atoms with Crippen molar-refractivity contribution in [2.24, 2.45) is 46.3 Å². The van der Waals surface area contributed by atoms with E-state index < -0.39 is 148 Å². The van der Waals surface area contributed by atoms with E-state index in [0.29, 0.717) is 48.3 Å². The Morgan fingerprint density at radius 1 is 0.583 bits per heavy atom. The van der Waals surface area contributed by atoms with Crippen LogP contribution in [0, 0.1) is 46.3 Å². The zero-order valence-electron chi connectivity index (χ0n) is 42.2. The van der Waals surface area contributed by atoms with Crippen molar-refractivity contribution in [1.82, 2.24) is 0 Å². The number of ether oxygens (including phenoxy) is 10. The third-order valence-electron chi connectivity index (χ3n) is 19.8. The lowest BCUT2D eigenvalue weighted by atomic mass is 9.47. The fourth-order valence-electron chi connectivity index (χ4n) is 15.5. The molecule has 0 radical (unpaired) electrons. The Morgan fingerprint density at radius 2 is 1.15 bits per heavy atom. The first-order valence-corrected chi connectivity index (χ1v) is 26.7. The summed E-state index contributed by atoms with van der Waals surface area (Å²) in [5.74, 6) is 2.39. The fourth-order valence-corrected chi connectivity index (χ4v) is 15.5. The van der Waals surface area contributed by atoms with Gasteiger partial charge in [-0.1, -0.05) is 39.3 Å². The van der Waals surface area contributed by atoms with Gasteiger partial charge in [-0.05, 0) is 106 Å². The molecule has 0 aromatic carbocycles. The van der Waals surface area contributed by atoms with Gasteiger partial charge in [-0.3, -0.25) is 0 Å². The topological polar surface area (TPSA) is 315 Å². The molecular formula is C51H82O21. The van der Waals surface area contributed by atoms with Crippen molar-refractivity contribution in [3.8, 4) is 0 Å². The number of hydrogen-bond acceptors (Lipinski definition) is 21. The van der Waals surface area contributed by atoms with E-state index in [1.807, 2.05) is 0 Å². The summed E-state index contributed by atoms with van der Waals surface area (Å²) in [5.41, 5.74) is 1.39. The van der Waals surface area contributed by atoms with Crippen LogP contribution in [0.2, 0.25) is 0 Å². The molecule has 3 saturated carbocycles. The summed E-state index contributed by atoms with van der Waals surface area (Å²) in [7, 11) is 0. The molecular weight excluding hydrogens is 949 g/mol. The summed E-state index contributed by atoms with van der Waals surface area (Å²) >= 11 is 0. The maximum atomic E-state index is 12.3. The van der Waals surface area contributed by atoms with Crippen LogP contribution in [0.4, 0.5) is 0 Å². The van der Waals surface area contributed by atoms with E-state index in [9.17, 15) is 56.2 Å². The monoisotopic (exact) mass is 1030 g/mol. The molecule has 0 amide bonds. The van der Waals surface area contributed by atoms with E-state index in [-0.39, 0.29) is 16.9 Å². The van der Waals surface area contributed by atoms with Crippen LogP contribution in [0.15, 0.2) is 11.6 Å². The first-order chi connectivity index (χ1) is 34.1. The Hall–Kier alpha value is -1.10. The third kappa shape index (κ3) is 9.09. The van der Waals surface area contributed by atoms with Gasteiger partial charge in [0.15, 0.2) is 30.9 Å². The van der Waals surface area contributed by atoms with Crippen molar-refractivity contribution in [2.45, 2.75) is 240 Å². The van der Waals surface area contributed by atoms with Gasteiger partial charge in [0.05, 0.1) is 44.2 Å². The summed E-state index contributed by atoms with van der Waals surface area (Å²) in [5, 5.41) is 119. The molecule has 6 saturated heterocycles. The van der Waals surface area contributed by atoms with Gasteiger partial charge in [0.1, 0.15) is 85.5 Å². The summed E-state index contributed by atoms with van der Waals surface area (Å²) in [6.45, 7) is 11.6. The molecule has 0 unspecified atom stereocenters. The number of aliphatic hydroxyl groups excluding tert-OH is 11. The molecule has 10 rings (SSSR count). The molecule has 412 valence electrons. The Bertz CT molecular complexity index is 1900. The molecule has 21 heteroatoms. The third-order valence-corrected chi connectivity index (χ3v) is 19.8. The van der Waals surface area contributed by atoms with Crippen LogP contribution >= 0.6 is 0 Å². The fraction of sp³-hybridized carbons (Fsp3) is 0.961. The average molecular weight is 1030 g/mol. The van der Waals surface area contributed by atoms with Gasteiger partial charge in [0.25, 0.3) is 0 Å². The Kier molecular flexibility index (Phi) is 15.5. The zero-order valence-corrected chi connectivity index (χ0v) is 42.2. The molecule has 11 N–H and O–H groups in total. The van der Waals surface area contributed by atoms with Gasteiger partial charge >= 0.3 is 0 Å². The summed E-state index contributed by atoms with van der Waals surface area (Å²) in [6.07, 6.45) is -21.0. The van der Waals surface area contributed by atoms with Crippen LogP contribution in [0.5, 0.6) is 0 Å². The first-order valence-electron chi connectivity index (χ1n) is 26.7. The summed E-state index contributed by atoms with van der Waals surface area (Å²) in [6, 6.07) is 0. The molecule has 6 aliphatic heterocycles. The van der Waals surface area contributed by atoms with Crippen LogP contribution in [0.3, 0.4) is 0 Å². The van der Waals surface area contributed by atoms with Gasteiger partial charge in [-0.2, -0.15) is 0 Å². The molecule has 21 nitrogen and oxygen atoms in total. The predicted octanol–water partition coefficient (Wildman–Crippen LogP) is -0.934. The van der Waals surface area contributed by atoms with Crippen molar-refractivity contribution in [2.75, 3.05) is 19.8 Å². The van der Waals surface area contributed by atoms with Gasteiger partial charge in [0.2, 0.25) is 0 Å². The number of hydrogen-bond donors (Lipinski definition) is 11. The molecule has 1 spiro atoms. The highest BCUT2D eigenvalue weighted by Gasteiger charge is 2.69. The highest BCUT2D eigenvalue weighted by atomic mass is 16.8. The molecule has 10 aliphatic rings. The number of fused-ring (bicyclic) bond motifs is 7. The van der Waals surface area contributed by atoms with Gasteiger partial charge < -0.3 is 104 Å². The lowest BCUT2D eigenvalue weighted by molar-refractivity contribution is -0.395. The van der Waals surface area contributed by atoms with E-state index >= 15 is 0 Å². The highest BCUT2D eigenvalue weighted by Crippen LogP contribution is 2.71. The van der Waals surface area contributed by atoms with Gasteiger partial charge in [-0.25, -0.2) is 0 Å². The number of rotatable bonds is 10. The van der Waals surface area contributed by atoms with Crippen molar-refractivity contribution in [1.29, 1.82) is 0 Å². The van der Waals surface area contributed by atoms with Gasteiger partial charge in [0, 0.05) is 12.3 Å². The van der Waals surface area contributed by atoms with E-state index in [4.69, 9.17) is 47.4 Å². The maximum absolute atomic E-state index is 12.3. The maximum Gasteiger partial charge on any atom is 0.187 e. The van der Waals surface area contributed by atoms with Crippen LogP contribution in [0.1, 0.15) is 99.3 Å². The molecule has 9 fully saturated rings. The first kappa shape index (κ1) is 54.3. The smallest absolute Gasteiger partial charge is 0.187 e. The minimum absolute atomic E-state index is 0.0754. The molecule has 0 aromatic rings. The number of aliphatic hydroxyl groups is 11. The standard InChI is InChI=1S/C51H82O21/c1-20-9-14-51(63-19-20)21(2)32-29(72-51)16-28-26-8-7-24-15-25(10-12-49(24,5)27(26)11-13-50(28,32)6)66-48-44(71-46-39(60)36(57)34(55)23(4)65-46)41(62)43(31(18-53)68-48)70-47-40(61)37(58)42(30(17-52)67-47)69-45-38(59)35(56)33(54)22(3)64-45/h7,20-23,25-48,52-62H,8-19H2,1-6H3/t20-,21-,22-,23-,25-,26+,27-,28-,29-,30+,31+,32-,33-,34-,35+,36+,37+,38+,39+,40+,41-,42+,43+,44+,45-,46-,47-,48+,49-,50-,51-/m0/s1. The SMILES string of the molecule is C[C@H]1CC[C@]2(OC1)O[C@H]1C[C@H]3[C@@H]4CC=C5C[C@@H](O[C@@H]6O[C@H](CO)[C@@H](O[C@@H]7O[C@H](CO)[C@@H](O[C@@H]8O[C@@H](C)[C@H](O)[C@@H](O)[C@H]8O)[C@H](O)[C@H]7O)[C@H](O)[C@H]6O[C@@H]6O[C@@H](C)[C@H](O)[C@@H](O)[C@H]6O)CC[C@]5(C)[C@H]4CC[C@]3(C)[C@H]1[C@@H]2C. The van der Waals surface area contributed by atoms with Crippen molar-refractivity contribution in [3.63, 3.8) is 0 Å². The number of allylic oxidation sites excluding steroid dienone is 1. The Morgan fingerprint density at radius 3 is 1.75 bits per heavy atom. The van der Waals surface area contributed by atoms with E-state index in [1.54, 1.807) is 0 Å². The normalized spacial score (nSPS) is 57.8. The minimum Gasteiger partial charge on any atom is -0.394 e. The summed E-state index contributed by atoms with van der Waals surface area (Å²) < 4.78 is 61.9. The Balaban J connectivity index is 0.842. The second kappa shape index (κ2) is 20.6. The van der Waals surface area contributed by atoms with E-state index in [0.717, 1.165) is 51.6 Å². The lowest BCUT2D eigenvalue weighted by Gasteiger charge is -2.59. The lowest BCUT2D eigenvalue weighted by Crippen LogP contribution is -2.67. The predicted molar refractivity (Wildman–Crippen MR) is 245 cm³/mol. The van der Waals surface area contributed by atoms with Gasteiger partial charge in [-0.15, -0.1) is 0 Å². The largest absolute Gasteiger partial charge is 0.394 e. The molecule has 6 heterocycles. The molecule has 31 atom stereocenters. The second-order valence-corrected chi connectivity index (χ2v) is 23.9. The highest BCUT2D eigenvalue weighted by molar-refractivity contribution is 5.26. The quantitative estimate of drug-likeness (QED) is 0.118. The van der Waals surface area contributed by atoms with Crippen molar-refractivity contribution >= 4 is 0 Å². The van der Waals surface area contributed by atoms with Crippen LogP contribution in [-0.4, -0.2) is 217 Å². The van der Waals surface area contributed by atoms with Crippen molar-refractivity contribution in [3.05, 3.63) is 11.6 Å². The van der Waals surface area contributed by atoms with E-state index in [1.165, 1.54) is 19.4 Å². The van der Waals surface area contributed by atoms with Crippen molar-refractivity contribution < 1.29 is 104 Å². The molecule has 0 bridgehead atoms.